The molecule has 28 heavy (non-hydrogen) atoms. The van der Waals surface area contributed by atoms with E-state index in [2.05, 4.69) is 30.6 Å². The van der Waals surface area contributed by atoms with Crippen LogP contribution in [0.5, 0.6) is 0 Å². The lowest BCUT2D eigenvalue weighted by Gasteiger charge is -2.11. The molecule has 2 N–H and O–H groups in total. The summed E-state index contributed by atoms with van der Waals surface area (Å²) in [6.07, 6.45) is 4.92. The van der Waals surface area contributed by atoms with Gasteiger partial charge < -0.3 is 10.6 Å². The van der Waals surface area contributed by atoms with Gasteiger partial charge in [0.1, 0.15) is 29.8 Å². The molecule has 0 aliphatic rings. The SMILES string of the molecule is Cc1cc(=O)n(CC(=O)NCCNc2cc(-n3ccnc3C)nc(C)n2)cn1. The van der Waals surface area contributed by atoms with E-state index < -0.39 is 0 Å². The summed E-state index contributed by atoms with van der Waals surface area (Å²) < 4.78 is 3.14. The van der Waals surface area contributed by atoms with Gasteiger partial charge in [0.25, 0.3) is 5.56 Å². The minimum absolute atomic E-state index is 0.0667. The molecular formula is C18H22N8O2. The third-order valence-electron chi connectivity index (χ3n) is 3.98. The molecule has 10 nitrogen and oxygen atoms in total. The number of aryl methyl sites for hydroxylation is 3. The number of rotatable bonds is 7. The molecule has 0 aromatic carbocycles. The molecule has 0 aliphatic carbocycles. The van der Waals surface area contributed by atoms with Crippen LogP contribution in [0.25, 0.3) is 5.82 Å². The molecule has 3 aromatic heterocycles. The first-order valence-corrected chi connectivity index (χ1v) is 8.82. The molecule has 0 unspecified atom stereocenters. The largest absolute Gasteiger partial charge is 0.368 e. The Morgan fingerprint density at radius 3 is 2.64 bits per heavy atom. The van der Waals surface area contributed by atoms with Gasteiger partial charge in [-0.15, -0.1) is 0 Å². The lowest BCUT2D eigenvalue weighted by molar-refractivity contribution is -0.121. The number of imidazole rings is 1. The minimum Gasteiger partial charge on any atom is -0.368 e. The zero-order valence-electron chi connectivity index (χ0n) is 16.0. The predicted octanol–water partition coefficient (Wildman–Crippen LogP) is 0.373. The lowest BCUT2D eigenvalue weighted by Crippen LogP contribution is -2.34. The van der Waals surface area contributed by atoms with E-state index in [1.54, 1.807) is 13.1 Å². The Morgan fingerprint density at radius 1 is 1.11 bits per heavy atom. The lowest BCUT2D eigenvalue weighted by atomic mass is 10.4. The summed E-state index contributed by atoms with van der Waals surface area (Å²) in [5.74, 6) is 2.58. The molecule has 0 saturated carbocycles. The highest BCUT2D eigenvalue weighted by molar-refractivity contribution is 5.75. The number of carbonyl (C=O) groups excluding carboxylic acids is 1. The molecular weight excluding hydrogens is 360 g/mol. The van der Waals surface area contributed by atoms with Crippen LogP contribution in [0.4, 0.5) is 5.82 Å². The summed E-state index contributed by atoms with van der Waals surface area (Å²) in [5.41, 5.74) is 0.371. The summed E-state index contributed by atoms with van der Waals surface area (Å²) in [5, 5.41) is 5.93. The molecule has 3 aromatic rings. The van der Waals surface area contributed by atoms with Crippen molar-refractivity contribution in [3.63, 3.8) is 0 Å². The fourth-order valence-electron chi connectivity index (χ4n) is 2.62. The van der Waals surface area contributed by atoms with Crippen molar-refractivity contribution in [3.05, 3.63) is 58.6 Å². The van der Waals surface area contributed by atoms with Gasteiger partial charge in [-0.1, -0.05) is 0 Å². The van der Waals surface area contributed by atoms with E-state index in [0.717, 1.165) is 11.6 Å². The highest BCUT2D eigenvalue weighted by Crippen LogP contribution is 2.12. The number of amides is 1. The molecule has 3 rings (SSSR count). The number of aromatic nitrogens is 6. The molecule has 1 amide bonds. The number of anilines is 1. The second-order valence-corrected chi connectivity index (χ2v) is 6.28. The summed E-state index contributed by atoms with van der Waals surface area (Å²) in [6.45, 7) is 6.24. The molecule has 0 saturated heterocycles. The first kappa shape index (κ1) is 19.2. The smallest absolute Gasteiger partial charge is 0.253 e. The molecule has 146 valence electrons. The maximum absolute atomic E-state index is 12.0. The molecule has 3 heterocycles. The maximum Gasteiger partial charge on any atom is 0.253 e. The van der Waals surface area contributed by atoms with E-state index in [4.69, 9.17) is 0 Å². The number of nitrogens with zero attached hydrogens (tertiary/aromatic N) is 6. The van der Waals surface area contributed by atoms with Crippen LogP contribution in [-0.2, 0) is 11.3 Å². The number of hydrogen-bond acceptors (Lipinski definition) is 7. The van der Waals surface area contributed by atoms with Crippen LogP contribution in [0.1, 0.15) is 17.3 Å². The normalized spacial score (nSPS) is 10.7. The molecule has 0 atom stereocenters. The van der Waals surface area contributed by atoms with Crippen molar-refractivity contribution < 1.29 is 4.79 Å². The van der Waals surface area contributed by atoms with Crippen molar-refractivity contribution in [2.45, 2.75) is 27.3 Å². The Kier molecular flexibility index (Phi) is 5.78. The molecule has 10 heteroatoms. The zero-order valence-corrected chi connectivity index (χ0v) is 16.0. The zero-order chi connectivity index (χ0) is 20.1. The van der Waals surface area contributed by atoms with Crippen LogP contribution in [-0.4, -0.2) is 48.1 Å². The third-order valence-corrected chi connectivity index (χ3v) is 3.98. The van der Waals surface area contributed by atoms with E-state index in [1.807, 2.05) is 30.7 Å². The molecule has 0 fully saturated rings. The quantitative estimate of drug-likeness (QED) is 0.567. The van der Waals surface area contributed by atoms with Crippen molar-refractivity contribution in [1.82, 2.24) is 34.4 Å². The fourth-order valence-corrected chi connectivity index (χ4v) is 2.62. The van der Waals surface area contributed by atoms with E-state index in [0.29, 0.717) is 30.4 Å². The van der Waals surface area contributed by atoms with Gasteiger partial charge in [-0.25, -0.2) is 19.9 Å². The first-order chi connectivity index (χ1) is 13.4. The second-order valence-electron chi connectivity index (χ2n) is 6.28. The average molecular weight is 382 g/mol. The van der Waals surface area contributed by atoms with E-state index in [9.17, 15) is 9.59 Å². The van der Waals surface area contributed by atoms with Gasteiger partial charge in [0.05, 0.1) is 6.33 Å². The Bertz CT molecular complexity index is 1040. The van der Waals surface area contributed by atoms with Crippen molar-refractivity contribution in [3.8, 4) is 5.82 Å². The van der Waals surface area contributed by atoms with Crippen molar-refractivity contribution >= 4 is 11.7 Å². The number of carbonyl (C=O) groups is 1. The van der Waals surface area contributed by atoms with Crippen molar-refractivity contribution in [2.75, 3.05) is 18.4 Å². The minimum atomic E-state index is -0.261. The third kappa shape index (κ3) is 4.78. The van der Waals surface area contributed by atoms with Crippen molar-refractivity contribution in [2.24, 2.45) is 0 Å². The fraction of sp³-hybridized carbons (Fsp3) is 0.333. The molecule has 0 bridgehead atoms. The topological polar surface area (TPSA) is 120 Å². The van der Waals surface area contributed by atoms with E-state index >= 15 is 0 Å². The Morgan fingerprint density at radius 2 is 1.93 bits per heavy atom. The Labute approximate surface area is 161 Å². The van der Waals surface area contributed by atoms with Gasteiger partial charge >= 0.3 is 0 Å². The maximum atomic E-state index is 12.0. The van der Waals surface area contributed by atoms with Crippen LogP contribution in [0.2, 0.25) is 0 Å². The van der Waals surface area contributed by atoms with Crippen LogP contribution < -0.4 is 16.2 Å². The van der Waals surface area contributed by atoms with Crippen molar-refractivity contribution in [1.29, 1.82) is 0 Å². The van der Waals surface area contributed by atoms with E-state index in [1.165, 1.54) is 17.0 Å². The number of nitrogens with one attached hydrogen (secondary N) is 2. The summed E-state index contributed by atoms with van der Waals surface area (Å²) >= 11 is 0. The summed E-state index contributed by atoms with van der Waals surface area (Å²) in [7, 11) is 0. The predicted molar refractivity (Wildman–Crippen MR) is 103 cm³/mol. The summed E-state index contributed by atoms with van der Waals surface area (Å²) in [6, 6.07) is 3.22. The molecule has 0 spiro atoms. The van der Waals surface area contributed by atoms with Gasteiger partial charge in [-0.2, -0.15) is 0 Å². The molecule has 0 radical (unpaired) electrons. The van der Waals surface area contributed by atoms with Gasteiger partial charge in [-0.3, -0.25) is 18.7 Å². The first-order valence-electron chi connectivity index (χ1n) is 8.82. The Hall–Kier alpha value is -3.56. The van der Waals surface area contributed by atoms with Gasteiger partial charge in [-0.05, 0) is 20.8 Å². The average Bonchev–Trinajstić information content (AvgIpc) is 3.07. The van der Waals surface area contributed by atoms with Crippen LogP contribution in [0, 0.1) is 20.8 Å². The monoisotopic (exact) mass is 382 g/mol. The van der Waals surface area contributed by atoms with Gasteiger partial charge in [0.2, 0.25) is 5.91 Å². The van der Waals surface area contributed by atoms with Gasteiger partial charge in [0, 0.05) is 43.3 Å². The second kappa shape index (κ2) is 8.42. The summed E-state index contributed by atoms with van der Waals surface area (Å²) in [4.78, 5) is 40.8. The Balaban J connectivity index is 1.52. The highest BCUT2D eigenvalue weighted by atomic mass is 16.2. The van der Waals surface area contributed by atoms with Crippen LogP contribution in [0.3, 0.4) is 0 Å². The standard InChI is InChI=1S/C18H22N8O2/c1-12-8-18(28)25(11-22-12)10-17(27)21-5-4-20-15-9-16(24-13(2)23-15)26-7-6-19-14(26)3/h6-9,11H,4-5,10H2,1-3H3,(H,21,27)(H,20,23,24). The molecule has 0 aliphatic heterocycles. The highest BCUT2D eigenvalue weighted by Gasteiger charge is 2.07. The van der Waals surface area contributed by atoms with Gasteiger partial charge in [0.15, 0.2) is 0 Å². The van der Waals surface area contributed by atoms with E-state index in [-0.39, 0.29) is 18.0 Å². The van der Waals surface area contributed by atoms with Crippen LogP contribution in [0.15, 0.2) is 35.6 Å². The van der Waals surface area contributed by atoms with Crippen LogP contribution >= 0.6 is 0 Å². The number of hydrogen-bond donors (Lipinski definition) is 2.